The van der Waals surface area contributed by atoms with Crippen LogP contribution in [0.5, 0.6) is 0 Å². The summed E-state index contributed by atoms with van der Waals surface area (Å²) in [6.07, 6.45) is 0. The molecule has 1 fully saturated rings. The van der Waals surface area contributed by atoms with Crippen molar-refractivity contribution in [3.8, 4) is 0 Å². The number of hydrogen-bond donors (Lipinski definition) is 1. The van der Waals surface area contributed by atoms with Crippen molar-refractivity contribution in [1.29, 1.82) is 0 Å². The topological polar surface area (TPSA) is 63.4 Å². The van der Waals surface area contributed by atoms with Gasteiger partial charge < -0.3 is 10.6 Å². The fourth-order valence-corrected chi connectivity index (χ4v) is 2.77. The molecule has 1 aliphatic heterocycles. The van der Waals surface area contributed by atoms with Gasteiger partial charge in [-0.2, -0.15) is 0 Å². The van der Waals surface area contributed by atoms with E-state index in [0.29, 0.717) is 23.0 Å². The van der Waals surface area contributed by atoms with Gasteiger partial charge in [0, 0.05) is 17.3 Å². The van der Waals surface area contributed by atoms with E-state index in [9.17, 15) is 9.59 Å². The first-order valence-electron chi connectivity index (χ1n) is 5.06. The van der Waals surface area contributed by atoms with Crippen LogP contribution in [-0.4, -0.2) is 34.9 Å². The van der Waals surface area contributed by atoms with Gasteiger partial charge >= 0.3 is 0 Å². The van der Waals surface area contributed by atoms with Crippen molar-refractivity contribution in [2.45, 2.75) is 0 Å². The Hall–Kier alpha value is -1.20. The Labute approximate surface area is 108 Å². The highest BCUT2D eigenvalue weighted by Gasteiger charge is 2.23. The van der Waals surface area contributed by atoms with Crippen LogP contribution in [-0.2, 0) is 0 Å². The van der Waals surface area contributed by atoms with Crippen molar-refractivity contribution in [3.05, 3.63) is 34.3 Å². The van der Waals surface area contributed by atoms with E-state index >= 15 is 0 Å². The van der Waals surface area contributed by atoms with Crippen LogP contribution in [0.2, 0.25) is 5.02 Å². The highest BCUT2D eigenvalue weighted by Crippen LogP contribution is 2.21. The van der Waals surface area contributed by atoms with Crippen molar-refractivity contribution in [1.82, 2.24) is 4.90 Å². The maximum Gasteiger partial charge on any atom is 0.255 e. The van der Waals surface area contributed by atoms with E-state index in [1.165, 1.54) is 6.07 Å². The Kier molecular flexibility index (Phi) is 3.59. The van der Waals surface area contributed by atoms with E-state index in [2.05, 4.69) is 0 Å². The van der Waals surface area contributed by atoms with Gasteiger partial charge in [0.2, 0.25) is 5.91 Å². The van der Waals surface area contributed by atoms with Crippen molar-refractivity contribution >= 4 is 35.2 Å². The van der Waals surface area contributed by atoms with Gasteiger partial charge in [0.25, 0.3) is 5.91 Å². The summed E-state index contributed by atoms with van der Waals surface area (Å²) in [6.45, 7) is 0.699. The average molecular weight is 271 g/mol. The summed E-state index contributed by atoms with van der Waals surface area (Å²) in [7, 11) is 0. The molecule has 0 aromatic heterocycles. The third-order valence-corrected chi connectivity index (χ3v) is 3.72. The molecule has 0 atom stereocenters. The van der Waals surface area contributed by atoms with Crippen molar-refractivity contribution in [3.63, 3.8) is 0 Å². The largest absolute Gasteiger partial charge is 0.366 e. The molecule has 2 amide bonds. The number of halogens is 1. The predicted octanol–water partition coefficient (Wildman–Crippen LogP) is 1.59. The predicted molar refractivity (Wildman–Crippen MR) is 68.3 cm³/mol. The number of thioether (sulfide) groups is 1. The first-order valence-corrected chi connectivity index (χ1v) is 6.59. The molecule has 2 N–H and O–H groups in total. The Balaban J connectivity index is 2.36. The standard InChI is InChI=1S/C11H11ClN2O2S/c12-7-1-2-8(9(5-7)10(13)15)11(16)14-3-4-17-6-14/h1-2,5H,3-4,6H2,(H2,13,15). The number of carbonyl (C=O) groups is 2. The minimum atomic E-state index is -0.636. The van der Waals surface area contributed by atoms with Crippen LogP contribution < -0.4 is 5.73 Å². The molecule has 0 aliphatic carbocycles. The van der Waals surface area contributed by atoms with Gasteiger partial charge in [-0.1, -0.05) is 11.6 Å². The van der Waals surface area contributed by atoms with Gasteiger partial charge in [0.15, 0.2) is 0 Å². The Morgan fingerprint density at radius 1 is 1.35 bits per heavy atom. The quantitative estimate of drug-likeness (QED) is 0.888. The molecule has 0 spiro atoms. The van der Waals surface area contributed by atoms with Crippen LogP contribution in [0.25, 0.3) is 0 Å². The van der Waals surface area contributed by atoms with Crippen molar-refractivity contribution in [2.24, 2.45) is 5.73 Å². The summed E-state index contributed by atoms with van der Waals surface area (Å²) in [6, 6.07) is 4.57. The molecule has 0 unspecified atom stereocenters. The molecule has 1 aromatic carbocycles. The zero-order valence-corrected chi connectivity index (χ0v) is 10.6. The van der Waals surface area contributed by atoms with Crippen molar-refractivity contribution in [2.75, 3.05) is 18.2 Å². The number of primary amides is 1. The first-order chi connectivity index (χ1) is 8.09. The molecule has 1 aromatic rings. The summed E-state index contributed by atoms with van der Waals surface area (Å²) in [5.74, 6) is 0.772. The molecular formula is C11H11ClN2O2S. The molecule has 0 radical (unpaired) electrons. The minimum Gasteiger partial charge on any atom is -0.366 e. The third kappa shape index (κ3) is 2.56. The Bertz CT molecular complexity index is 473. The molecule has 0 bridgehead atoms. The lowest BCUT2D eigenvalue weighted by Crippen LogP contribution is -2.30. The number of rotatable bonds is 2. The summed E-state index contributed by atoms with van der Waals surface area (Å²) in [5.41, 5.74) is 5.75. The molecule has 1 heterocycles. The molecule has 2 rings (SSSR count). The lowest BCUT2D eigenvalue weighted by atomic mass is 10.1. The van der Waals surface area contributed by atoms with E-state index in [0.717, 1.165) is 5.75 Å². The van der Waals surface area contributed by atoms with E-state index in [4.69, 9.17) is 17.3 Å². The Morgan fingerprint density at radius 3 is 2.71 bits per heavy atom. The van der Waals surface area contributed by atoms with Crippen LogP contribution in [0.1, 0.15) is 20.7 Å². The smallest absolute Gasteiger partial charge is 0.255 e. The van der Waals surface area contributed by atoms with Crippen LogP contribution in [0, 0.1) is 0 Å². The van der Waals surface area contributed by atoms with Gasteiger partial charge in [-0.3, -0.25) is 9.59 Å². The second-order valence-corrected chi connectivity index (χ2v) is 5.17. The summed E-state index contributed by atoms with van der Waals surface area (Å²) in [4.78, 5) is 25.1. The van der Waals surface area contributed by atoms with Gasteiger partial charge in [-0.15, -0.1) is 11.8 Å². The summed E-state index contributed by atoms with van der Waals surface area (Å²) >= 11 is 7.47. The van der Waals surface area contributed by atoms with Gasteiger partial charge in [0.1, 0.15) is 0 Å². The van der Waals surface area contributed by atoms with Crippen LogP contribution in [0.15, 0.2) is 18.2 Å². The highest BCUT2D eigenvalue weighted by molar-refractivity contribution is 7.99. The molecule has 90 valence electrons. The number of nitrogens with two attached hydrogens (primary N) is 1. The van der Waals surface area contributed by atoms with E-state index in [1.54, 1.807) is 28.8 Å². The normalized spacial score (nSPS) is 15.0. The second kappa shape index (κ2) is 4.98. The molecule has 6 heteroatoms. The summed E-state index contributed by atoms with van der Waals surface area (Å²) in [5, 5.41) is 0.395. The zero-order chi connectivity index (χ0) is 12.4. The lowest BCUT2D eigenvalue weighted by Gasteiger charge is -2.16. The number of hydrogen-bond acceptors (Lipinski definition) is 3. The number of benzene rings is 1. The SMILES string of the molecule is NC(=O)c1cc(Cl)ccc1C(=O)N1CCSC1. The Morgan fingerprint density at radius 2 is 2.12 bits per heavy atom. The number of carbonyl (C=O) groups excluding carboxylic acids is 2. The zero-order valence-electron chi connectivity index (χ0n) is 8.98. The van der Waals surface area contributed by atoms with Crippen LogP contribution >= 0.6 is 23.4 Å². The fraction of sp³-hybridized carbons (Fsp3) is 0.273. The first kappa shape index (κ1) is 12.3. The van der Waals surface area contributed by atoms with Crippen LogP contribution in [0.4, 0.5) is 0 Å². The average Bonchev–Trinajstić information content (AvgIpc) is 2.81. The van der Waals surface area contributed by atoms with Gasteiger partial charge in [-0.05, 0) is 18.2 Å². The lowest BCUT2D eigenvalue weighted by molar-refractivity contribution is 0.0796. The van der Waals surface area contributed by atoms with Crippen molar-refractivity contribution < 1.29 is 9.59 Å². The monoisotopic (exact) mass is 270 g/mol. The molecule has 4 nitrogen and oxygen atoms in total. The van der Waals surface area contributed by atoms with E-state index in [1.807, 2.05) is 0 Å². The molecule has 0 saturated carbocycles. The van der Waals surface area contributed by atoms with E-state index in [-0.39, 0.29) is 11.5 Å². The molecule has 1 saturated heterocycles. The van der Waals surface area contributed by atoms with Gasteiger partial charge in [-0.25, -0.2) is 0 Å². The van der Waals surface area contributed by atoms with Gasteiger partial charge in [0.05, 0.1) is 17.0 Å². The highest BCUT2D eigenvalue weighted by atomic mass is 35.5. The maximum atomic E-state index is 12.1. The molecule has 1 aliphatic rings. The van der Waals surface area contributed by atoms with E-state index < -0.39 is 5.91 Å². The van der Waals surface area contributed by atoms with Crippen LogP contribution in [0.3, 0.4) is 0 Å². The summed E-state index contributed by atoms with van der Waals surface area (Å²) < 4.78 is 0. The number of nitrogens with zero attached hydrogens (tertiary/aromatic N) is 1. The molecule has 17 heavy (non-hydrogen) atoms. The minimum absolute atomic E-state index is 0.166. The maximum absolute atomic E-state index is 12.1. The molecular weight excluding hydrogens is 260 g/mol. The third-order valence-electron chi connectivity index (χ3n) is 2.52. The number of amides is 2. The second-order valence-electron chi connectivity index (χ2n) is 3.66. The fourth-order valence-electron chi connectivity index (χ4n) is 1.65.